The summed E-state index contributed by atoms with van der Waals surface area (Å²) in [7, 11) is 0. The molecule has 0 aromatic heterocycles. The third-order valence-corrected chi connectivity index (χ3v) is 3.12. The molecule has 2 unspecified atom stereocenters. The van der Waals surface area contributed by atoms with Crippen LogP contribution in [0.2, 0.25) is 0 Å². The van der Waals surface area contributed by atoms with E-state index in [9.17, 15) is 4.79 Å². The smallest absolute Gasteiger partial charge is 0.305 e. The lowest BCUT2D eigenvalue weighted by Crippen LogP contribution is -2.27. The first-order valence-corrected chi connectivity index (χ1v) is 7.15. The molecule has 0 N–H and O–H groups in total. The van der Waals surface area contributed by atoms with Crippen molar-refractivity contribution >= 4 is 5.97 Å². The number of esters is 1. The lowest BCUT2D eigenvalue weighted by Gasteiger charge is -2.25. The number of carbonyl (C=O) groups excluding carboxylic acids is 1. The van der Waals surface area contributed by atoms with E-state index in [2.05, 4.69) is 6.92 Å². The van der Waals surface area contributed by atoms with E-state index < -0.39 is 0 Å². The zero-order valence-corrected chi connectivity index (χ0v) is 11.7. The topological polar surface area (TPSA) is 44.8 Å². The summed E-state index contributed by atoms with van der Waals surface area (Å²) in [6.45, 7) is 5.83. The Kier molecular flexibility index (Phi) is 8.01. The standard InChI is InChI=1S/C14H26O4/c1-3-7-12(10-17-13(15)4-2)11-18-14-8-5-6-9-16-14/h12,14H,3-11H2,1-2H3. The highest BCUT2D eigenvalue weighted by Crippen LogP contribution is 2.16. The van der Waals surface area contributed by atoms with E-state index in [1.54, 1.807) is 0 Å². The van der Waals surface area contributed by atoms with Gasteiger partial charge < -0.3 is 14.2 Å². The zero-order chi connectivity index (χ0) is 13.2. The first kappa shape index (κ1) is 15.4. The molecule has 1 heterocycles. The highest BCUT2D eigenvalue weighted by atomic mass is 16.7. The minimum atomic E-state index is -0.134. The molecule has 0 spiro atoms. The molecule has 1 saturated heterocycles. The summed E-state index contributed by atoms with van der Waals surface area (Å²) in [5.74, 6) is 0.154. The molecule has 106 valence electrons. The maximum absolute atomic E-state index is 11.1. The molecule has 0 aliphatic carbocycles. The Morgan fingerprint density at radius 2 is 2.17 bits per heavy atom. The molecule has 0 bridgehead atoms. The van der Waals surface area contributed by atoms with Crippen molar-refractivity contribution < 1.29 is 19.0 Å². The second-order valence-electron chi connectivity index (χ2n) is 4.82. The van der Waals surface area contributed by atoms with Crippen LogP contribution >= 0.6 is 0 Å². The quantitative estimate of drug-likeness (QED) is 0.628. The van der Waals surface area contributed by atoms with Gasteiger partial charge in [-0.3, -0.25) is 4.79 Å². The average Bonchev–Trinajstić information content (AvgIpc) is 2.42. The van der Waals surface area contributed by atoms with E-state index in [0.717, 1.165) is 32.3 Å². The fraction of sp³-hybridized carbons (Fsp3) is 0.929. The number of hydrogen-bond donors (Lipinski definition) is 0. The van der Waals surface area contributed by atoms with Crippen LogP contribution in [0.4, 0.5) is 0 Å². The van der Waals surface area contributed by atoms with Gasteiger partial charge in [-0.25, -0.2) is 0 Å². The third kappa shape index (κ3) is 6.36. The molecule has 4 heteroatoms. The lowest BCUT2D eigenvalue weighted by atomic mass is 10.1. The van der Waals surface area contributed by atoms with Gasteiger partial charge in [0.05, 0.1) is 13.2 Å². The summed E-state index contributed by atoms with van der Waals surface area (Å²) < 4.78 is 16.5. The summed E-state index contributed by atoms with van der Waals surface area (Å²) in [4.78, 5) is 11.1. The van der Waals surface area contributed by atoms with Crippen molar-refractivity contribution in [2.75, 3.05) is 19.8 Å². The van der Waals surface area contributed by atoms with E-state index in [0.29, 0.717) is 19.6 Å². The molecule has 1 aliphatic heterocycles. The lowest BCUT2D eigenvalue weighted by molar-refractivity contribution is -0.173. The first-order valence-electron chi connectivity index (χ1n) is 7.15. The van der Waals surface area contributed by atoms with E-state index in [1.165, 1.54) is 6.42 Å². The SMILES string of the molecule is CCCC(COC(=O)CC)COC1CCCCO1. The minimum Gasteiger partial charge on any atom is -0.465 e. The molecule has 18 heavy (non-hydrogen) atoms. The molecule has 0 aromatic rings. The average molecular weight is 258 g/mol. The summed E-state index contributed by atoms with van der Waals surface area (Å²) in [6, 6.07) is 0. The van der Waals surface area contributed by atoms with Gasteiger partial charge in [0, 0.05) is 18.9 Å². The van der Waals surface area contributed by atoms with Crippen molar-refractivity contribution in [3.63, 3.8) is 0 Å². The number of rotatable bonds is 8. The van der Waals surface area contributed by atoms with Gasteiger partial charge in [-0.1, -0.05) is 20.3 Å². The molecule has 4 nitrogen and oxygen atoms in total. The number of ether oxygens (including phenoxy) is 3. The van der Waals surface area contributed by atoms with E-state index in [4.69, 9.17) is 14.2 Å². The van der Waals surface area contributed by atoms with Gasteiger partial charge >= 0.3 is 5.97 Å². The summed E-state index contributed by atoms with van der Waals surface area (Å²) in [5.41, 5.74) is 0. The van der Waals surface area contributed by atoms with Crippen LogP contribution in [-0.4, -0.2) is 32.1 Å². The molecule has 1 rings (SSSR count). The second kappa shape index (κ2) is 9.34. The van der Waals surface area contributed by atoms with Gasteiger partial charge in [-0.2, -0.15) is 0 Å². The predicted molar refractivity (Wildman–Crippen MR) is 69.2 cm³/mol. The zero-order valence-electron chi connectivity index (χ0n) is 11.7. The number of carbonyl (C=O) groups is 1. The Balaban J connectivity index is 2.21. The fourth-order valence-corrected chi connectivity index (χ4v) is 2.02. The van der Waals surface area contributed by atoms with Gasteiger partial charge in [0.2, 0.25) is 0 Å². The predicted octanol–water partition coefficient (Wildman–Crippen LogP) is 2.90. The molecule has 1 fully saturated rings. The Morgan fingerprint density at radius 3 is 2.78 bits per heavy atom. The van der Waals surface area contributed by atoms with Crippen LogP contribution in [-0.2, 0) is 19.0 Å². The Labute approximate surface area is 110 Å². The highest BCUT2D eigenvalue weighted by molar-refractivity contribution is 5.68. The normalized spacial score (nSPS) is 21.6. The van der Waals surface area contributed by atoms with Crippen molar-refractivity contribution in [1.29, 1.82) is 0 Å². The van der Waals surface area contributed by atoms with Crippen LogP contribution in [0.1, 0.15) is 52.4 Å². The summed E-state index contributed by atoms with van der Waals surface area (Å²) in [5, 5.41) is 0. The second-order valence-corrected chi connectivity index (χ2v) is 4.82. The van der Waals surface area contributed by atoms with Crippen LogP contribution in [0.15, 0.2) is 0 Å². The Morgan fingerprint density at radius 1 is 1.33 bits per heavy atom. The highest BCUT2D eigenvalue weighted by Gasteiger charge is 2.17. The Hall–Kier alpha value is -0.610. The van der Waals surface area contributed by atoms with Crippen molar-refractivity contribution in [2.24, 2.45) is 5.92 Å². The maximum atomic E-state index is 11.1. The molecular formula is C14H26O4. The van der Waals surface area contributed by atoms with Crippen LogP contribution in [0.3, 0.4) is 0 Å². The van der Waals surface area contributed by atoms with Crippen LogP contribution in [0.5, 0.6) is 0 Å². The van der Waals surface area contributed by atoms with Crippen LogP contribution < -0.4 is 0 Å². The van der Waals surface area contributed by atoms with Crippen LogP contribution in [0.25, 0.3) is 0 Å². The maximum Gasteiger partial charge on any atom is 0.305 e. The fourth-order valence-electron chi connectivity index (χ4n) is 2.02. The molecule has 0 amide bonds. The van der Waals surface area contributed by atoms with Gasteiger partial charge in [0.1, 0.15) is 0 Å². The summed E-state index contributed by atoms with van der Waals surface area (Å²) >= 11 is 0. The van der Waals surface area contributed by atoms with Crippen LogP contribution in [0, 0.1) is 5.92 Å². The van der Waals surface area contributed by atoms with E-state index in [1.807, 2.05) is 6.92 Å². The van der Waals surface area contributed by atoms with Crippen molar-refractivity contribution in [3.8, 4) is 0 Å². The van der Waals surface area contributed by atoms with Crippen molar-refractivity contribution in [3.05, 3.63) is 0 Å². The third-order valence-electron chi connectivity index (χ3n) is 3.12. The van der Waals surface area contributed by atoms with Gasteiger partial charge in [-0.15, -0.1) is 0 Å². The van der Waals surface area contributed by atoms with Crippen molar-refractivity contribution in [1.82, 2.24) is 0 Å². The largest absolute Gasteiger partial charge is 0.465 e. The molecular weight excluding hydrogens is 232 g/mol. The van der Waals surface area contributed by atoms with Gasteiger partial charge in [0.15, 0.2) is 6.29 Å². The number of hydrogen-bond acceptors (Lipinski definition) is 4. The van der Waals surface area contributed by atoms with Gasteiger partial charge in [-0.05, 0) is 25.7 Å². The molecule has 0 saturated carbocycles. The monoisotopic (exact) mass is 258 g/mol. The minimum absolute atomic E-state index is 0.0556. The van der Waals surface area contributed by atoms with Crippen molar-refractivity contribution in [2.45, 2.75) is 58.7 Å². The first-order chi connectivity index (χ1) is 8.76. The summed E-state index contributed by atoms with van der Waals surface area (Å²) in [6.07, 6.45) is 5.76. The van der Waals surface area contributed by atoms with E-state index >= 15 is 0 Å². The molecule has 0 radical (unpaired) electrons. The van der Waals surface area contributed by atoms with E-state index in [-0.39, 0.29) is 18.2 Å². The molecule has 2 atom stereocenters. The van der Waals surface area contributed by atoms with Gasteiger partial charge in [0.25, 0.3) is 0 Å². The Bertz CT molecular complexity index is 224. The molecule has 0 aromatic carbocycles. The molecule has 1 aliphatic rings.